The molecule has 1 atom stereocenters. The second-order valence-electron chi connectivity index (χ2n) is 5.06. The number of aromatic nitrogens is 2. The number of ether oxygens (including phenoxy) is 3. The molecule has 0 aliphatic rings. The number of imidazole rings is 1. The van der Waals surface area contributed by atoms with Gasteiger partial charge in [-0.3, -0.25) is 0 Å². The molecule has 0 saturated heterocycles. The Hall–Kier alpha value is -1.92. The Bertz CT molecular complexity index is 591. The fourth-order valence-corrected chi connectivity index (χ4v) is 2.29. The molecule has 1 heterocycles. The van der Waals surface area contributed by atoms with Crippen LogP contribution in [0.1, 0.15) is 12.5 Å². The number of hydrogen-bond acceptors (Lipinski definition) is 5. The van der Waals surface area contributed by atoms with Crippen LogP contribution in [0.15, 0.2) is 30.9 Å². The first-order valence-corrected chi connectivity index (χ1v) is 7.16. The number of benzene rings is 1. The van der Waals surface area contributed by atoms with Crippen molar-refractivity contribution in [2.24, 2.45) is 0 Å². The van der Waals surface area contributed by atoms with Gasteiger partial charge < -0.3 is 24.1 Å². The highest BCUT2D eigenvalue weighted by atomic mass is 35.5. The van der Waals surface area contributed by atoms with Crippen LogP contribution >= 0.6 is 12.4 Å². The molecule has 23 heavy (non-hydrogen) atoms. The molecule has 1 aromatic carbocycles. The summed E-state index contributed by atoms with van der Waals surface area (Å²) in [5.41, 5.74) is 1.03. The Morgan fingerprint density at radius 1 is 1.09 bits per heavy atom. The second-order valence-corrected chi connectivity index (χ2v) is 5.06. The minimum absolute atomic E-state index is 0. The third kappa shape index (κ3) is 5.04. The summed E-state index contributed by atoms with van der Waals surface area (Å²) in [6.07, 6.45) is 5.55. The van der Waals surface area contributed by atoms with Crippen molar-refractivity contribution in [3.8, 4) is 17.2 Å². The van der Waals surface area contributed by atoms with Gasteiger partial charge in [-0.2, -0.15) is 0 Å². The molecule has 7 heteroatoms. The Balaban J connectivity index is 0.00000264. The minimum atomic E-state index is 0. The standard InChI is InChI=1S/C16H23N3O3.ClH/c1-12(10-19-6-5-17-11-19)18-9-13-7-15(21-3)16(22-4)8-14(13)20-2;/h5-8,11-12,18H,9-10H2,1-4H3;1H. The molecule has 1 unspecified atom stereocenters. The predicted octanol–water partition coefficient (Wildman–Crippen LogP) is 2.51. The smallest absolute Gasteiger partial charge is 0.164 e. The van der Waals surface area contributed by atoms with Gasteiger partial charge in [-0.25, -0.2) is 4.98 Å². The molecule has 1 aromatic heterocycles. The van der Waals surface area contributed by atoms with Crippen LogP contribution in [0, 0.1) is 0 Å². The summed E-state index contributed by atoms with van der Waals surface area (Å²) in [6.45, 7) is 3.67. The van der Waals surface area contributed by atoms with Crippen LogP contribution in [-0.4, -0.2) is 36.9 Å². The number of nitrogens with zero attached hydrogens (tertiary/aromatic N) is 2. The van der Waals surface area contributed by atoms with Crippen molar-refractivity contribution in [2.75, 3.05) is 21.3 Å². The van der Waals surface area contributed by atoms with E-state index >= 15 is 0 Å². The summed E-state index contributed by atoms with van der Waals surface area (Å²) in [6, 6.07) is 4.08. The minimum Gasteiger partial charge on any atom is -0.496 e. The molecule has 2 aromatic rings. The van der Waals surface area contributed by atoms with Crippen molar-refractivity contribution in [3.63, 3.8) is 0 Å². The van der Waals surface area contributed by atoms with Gasteiger partial charge >= 0.3 is 0 Å². The molecule has 128 valence electrons. The van der Waals surface area contributed by atoms with E-state index in [0.717, 1.165) is 17.9 Å². The van der Waals surface area contributed by atoms with E-state index in [2.05, 4.69) is 17.2 Å². The van der Waals surface area contributed by atoms with E-state index in [9.17, 15) is 0 Å². The van der Waals surface area contributed by atoms with Gasteiger partial charge in [0.25, 0.3) is 0 Å². The van der Waals surface area contributed by atoms with E-state index < -0.39 is 0 Å². The number of nitrogens with one attached hydrogen (secondary N) is 1. The number of methoxy groups -OCH3 is 3. The highest BCUT2D eigenvalue weighted by Crippen LogP contribution is 2.34. The Morgan fingerprint density at radius 3 is 2.30 bits per heavy atom. The second kappa shape index (κ2) is 9.27. The predicted molar refractivity (Wildman–Crippen MR) is 91.9 cm³/mol. The van der Waals surface area contributed by atoms with Crippen LogP contribution in [0.3, 0.4) is 0 Å². The Labute approximate surface area is 143 Å². The zero-order chi connectivity index (χ0) is 15.9. The van der Waals surface area contributed by atoms with Gasteiger partial charge in [0.05, 0.1) is 27.7 Å². The zero-order valence-corrected chi connectivity index (χ0v) is 14.7. The van der Waals surface area contributed by atoms with Crippen molar-refractivity contribution in [1.29, 1.82) is 0 Å². The molecule has 0 amide bonds. The highest BCUT2D eigenvalue weighted by Gasteiger charge is 2.12. The molecule has 0 aliphatic heterocycles. The van der Waals surface area contributed by atoms with Gasteiger partial charge in [0.1, 0.15) is 5.75 Å². The first kappa shape index (κ1) is 19.1. The van der Waals surface area contributed by atoms with E-state index in [1.54, 1.807) is 27.5 Å². The SMILES string of the molecule is COc1cc(OC)c(OC)cc1CNC(C)Cn1ccnc1.Cl. The van der Waals surface area contributed by atoms with Crippen molar-refractivity contribution in [2.45, 2.75) is 26.1 Å². The number of hydrogen-bond donors (Lipinski definition) is 1. The van der Waals surface area contributed by atoms with Crippen LogP contribution in [0.2, 0.25) is 0 Å². The topological polar surface area (TPSA) is 57.5 Å². The summed E-state index contributed by atoms with van der Waals surface area (Å²) in [5.74, 6) is 2.14. The van der Waals surface area contributed by atoms with Gasteiger partial charge in [0.2, 0.25) is 0 Å². The van der Waals surface area contributed by atoms with E-state index in [-0.39, 0.29) is 12.4 Å². The number of rotatable bonds is 8. The summed E-state index contributed by atoms with van der Waals surface area (Å²) in [5, 5.41) is 3.48. The first-order chi connectivity index (χ1) is 10.7. The molecule has 6 nitrogen and oxygen atoms in total. The lowest BCUT2D eigenvalue weighted by Gasteiger charge is -2.17. The molecule has 1 N–H and O–H groups in total. The molecule has 0 bridgehead atoms. The average molecular weight is 342 g/mol. The normalized spacial score (nSPS) is 11.5. The number of halogens is 1. The molecular weight excluding hydrogens is 318 g/mol. The fraction of sp³-hybridized carbons (Fsp3) is 0.438. The lowest BCUT2D eigenvalue weighted by atomic mass is 10.1. The summed E-state index contributed by atoms with van der Waals surface area (Å²) in [7, 11) is 4.89. The molecule has 0 aliphatic carbocycles. The summed E-state index contributed by atoms with van der Waals surface area (Å²) >= 11 is 0. The van der Waals surface area contributed by atoms with Gasteiger partial charge in [-0.1, -0.05) is 0 Å². The first-order valence-electron chi connectivity index (χ1n) is 7.16. The van der Waals surface area contributed by atoms with Crippen molar-refractivity contribution < 1.29 is 14.2 Å². The van der Waals surface area contributed by atoms with Crippen molar-refractivity contribution in [3.05, 3.63) is 36.4 Å². The maximum Gasteiger partial charge on any atom is 0.164 e. The maximum absolute atomic E-state index is 5.43. The van der Waals surface area contributed by atoms with E-state index in [1.165, 1.54) is 0 Å². The Morgan fingerprint density at radius 2 is 1.74 bits per heavy atom. The van der Waals surface area contributed by atoms with Gasteiger partial charge in [-0.05, 0) is 13.0 Å². The third-order valence-corrected chi connectivity index (χ3v) is 3.47. The lowest BCUT2D eigenvalue weighted by molar-refractivity contribution is 0.346. The van der Waals surface area contributed by atoms with Crippen LogP contribution < -0.4 is 19.5 Å². The lowest BCUT2D eigenvalue weighted by Crippen LogP contribution is -2.29. The molecule has 0 fully saturated rings. The van der Waals surface area contributed by atoms with Crippen LogP contribution in [0.4, 0.5) is 0 Å². The van der Waals surface area contributed by atoms with Crippen molar-refractivity contribution in [1.82, 2.24) is 14.9 Å². The van der Waals surface area contributed by atoms with Gasteiger partial charge in [0, 0.05) is 43.2 Å². The molecule has 0 radical (unpaired) electrons. The highest BCUT2D eigenvalue weighted by molar-refractivity contribution is 5.85. The van der Waals surface area contributed by atoms with E-state index in [0.29, 0.717) is 24.1 Å². The monoisotopic (exact) mass is 341 g/mol. The molecule has 0 saturated carbocycles. The zero-order valence-electron chi connectivity index (χ0n) is 13.9. The summed E-state index contributed by atoms with van der Waals surface area (Å²) < 4.78 is 18.1. The molecule has 0 spiro atoms. The van der Waals surface area contributed by atoms with Crippen LogP contribution in [-0.2, 0) is 13.1 Å². The van der Waals surface area contributed by atoms with Crippen LogP contribution in [0.5, 0.6) is 17.2 Å². The third-order valence-electron chi connectivity index (χ3n) is 3.47. The van der Waals surface area contributed by atoms with Crippen molar-refractivity contribution >= 4 is 12.4 Å². The van der Waals surface area contributed by atoms with Gasteiger partial charge in [0.15, 0.2) is 11.5 Å². The maximum atomic E-state index is 5.43. The molecule has 2 rings (SSSR count). The van der Waals surface area contributed by atoms with E-state index in [1.807, 2.05) is 29.2 Å². The average Bonchev–Trinajstić information content (AvgIpc) is 3.04. The molecular formula is C16H24ClN3O3. The summed E-state index contributed by atoms with van der Waals surface area (Å²) in [4.78, 5) is 4.05. The fourth-order valence-electron chi connectivity index (χ4n) is 2.29. The quantitative estimate of drug-likeness (QED) is 0.799. The van der Waals surface area contributed by atoms with Gasteiger partial charge in [-0.15, -0.1) is 12.4 Å². The largest absolute Gasteiger partial charge is 0.496 e. The van der Waals surface area contributed by atoms with E-state index in [4.69, 9.17) is 14.2 Å². The van der Waals surface area contributed by atoms with Crippen LogP contribution in [0.25, 0.3) is 0 Å². The Kier molecular flexibility index (Phi) is 7.71.